The predicted octanol–water partition coefficient (Wildman–Crippen LogP) is 3.46. The summed E-state index contributed by atoms with van der Waals surface area (Å²) in [5, 5.41) is 19.7. The van der Waals surface area contributed by atoms with Crippen molar-refractivity contribution >= 4 is 11.5 Å². The summed E-state index contributed by atoms with van der Waals surface area (Å²) >= 11 is 0. The van der Waals surface area contributed by atoms with E-state index >= 15 is 0 Å². The van der Waals surface area contributed by atoms with Crippen LogP contribution in [0.25, 0.3) is 5.57 Å². The van der Waals surface area contributed by atoms with Crippen LogP contribution in [-0.2, 0) is 11.2 Å². The number of nitriles is 1. The number of hydrogen-bond acceptors (Lipinski definition) is 4. The first-order chi connectivity index (χ1) is 14.2. The average molecular weight is 387 g/mol. The number of hydrogen-bond donors (Lipinski definition) is 1. The molecule has 1 aromatic carbocycles. The van der Waals surface area contributed by atoms with Crippen LogP contribution in [0.3, 0.4) is 0 Å². The molecule has 2 aromatic rings. The molecule has 5 nitrogen and oxygen atoms in total. The number of nitrogens with zero attached hydrogens (tertiary/aromatic N) is 3. The van der Waals surface area contributed by atoms with Gasteiger partial charge in [-0.2, -0.15) is 5.26 Å². The average Bonchev–Trinajstić information content (AvgIpc) is 2.75. The van der Waals surface area contributed by atoms with Crippen LogP contribution in [-0.4, -0.2) is 39.6 Å². The van der Waals surface area contributed by atoms with Gasteiger partial charge in [-0.05, 0) is 60.1 Å². The van der Waals surface area contributed by atoms with Crippen LogP contribution in [0.4, 0.5) is 0 Å². The zero-order valence-electron chi connectivity index (χ0n) is 16.4. The Morgan fingerprint density at radius 2 is 1.93 bits per heavy atom. The molecule has 3 atom stereocenters. The van der Waals surface area contributed by atoms with Gasteiger partial charge >= 0.3 is 0 Å². The Morgan fingerprint density at radius 1 is 1.17 bits per heavy atom. The minimum absolute atomic E-state index is 0.137. The fourth-order valence-electron chi connectivity index (χ4n) is 4.54. The summed E-state index contributed by atoms with van der Waals surface area (Å²) in [6.07, 6.45) is 10.6. The van der Waals surface area contributed by atoms with Gasteiger partial charge in [0.2, 0.25) is 5.91 Å². The van der Waals surface area contributed by atoms with Gasteiger partial charge in [0.15, 0.2) is 0 Å². The van der Waals surface area contributed by atoms with E-state index in [0.29, 0.717) is 0 Å². The second-order valence-corrected chi connectivity index (χ2v) is 7.78. The molecule has 0 radical (unpaired) electrons. The van der Waals surface area contributed by atoms with Gasteiger partial charge in [0.05, 0.1) is 25.1 Å². The summed E-state index contributed by atoms with van der Waals surface area (Å²) in [7, 11) is 0. The molecular weight excluding hydrogens is 362 g/mol. The maximum Gasteiger partial charge on any atom is 0.228 e. The lowest BCUT2D eigenvalue weighted by atomic mass is 9.75. The third-order valence-electron chi connectivity index (χ3n) is 6.08. The summed E-state index contributed by atoms with van der Waals surface area (Å²) in [6.45, 7) is -0.155. The van der Waals surface area contributed by atoms with E-state index in [1.54, 1.807) is 29.4 Å². The van der Waals surface area contributed by atoms with Crippen molar-refractivity contribution in [2.45, 2.75) is 50.1 Å². The Hall–Kier alpha value is -2.97. The first kappa shape index (κ1) is 19.4. The van der Waals surface area contributed by atoms with Crippen LogP contribution >= 0.6 is 0 Å². The minimum Gasteiger partial charge on any atom is -0.394 e. The Morgan fingerprint density at radius 3 is 2.55 bits per heavy atom. The Balaban J connectivity index is 1.51. The molecule has 2 aliphatic rings. The van der Waals surface area contributed by atoms with Crippen molar-refractivity contribution in [3.8, 4) is 6.07 Å². The SMILES string of the molecule is N#C[C@H]1[C@@H](c2ccc(C3=CCCCC3)cc2)[C@H](CO)N1C(=O)Cc1ccncc1. The Labute approximate surface area is 171 Å². The topological polar surface area (TPSA) is 77.2 Å². The largest absolute Gasteiger partial charge is 0.394 e. The number of benzene rings is 1. The van der Waals surface area contributed by atoms with E-state index in [4.69, 9.17) is 0 Å². The number of aromatic nitrogens is 1. The highest BCUT2D eigenvalue weighted by atomic mass is 16.3. The molecule has 1 N–H and O–H groups in total. The van der Waals surface area contributed by atoms with Crippen molar-refractivity contribution in [1.82, 2.24) is 9.88 Å². The molecule has 4 rings (SSSR count). The van der Waals surface area contributed by atoms with Crippen molar-refractivity contribution in [1.29, 1.82) is 5.26 Å². The van der Waals surface area contributed by atoms with Gasteiger partial charge in [-0.1, -0.05) is 30.3 Å². The van der Waals surface area contributed by atoms with Crippen LogP contribution < -0.4 is 0 Å². The fourth-order valence-corrected chi connectivity index (χ4v) is 4.54. The molecule has 0 bridgehead atoms. The molecular formula is C24H25N3O2. The zero-order valence-corrected chi connectivity index (χ0v) is 16.4. The Kier molecular flexibility index (Phi) is 5.73. The number of allylic oxidation sites excluding steroid dienone is 2. The quantitative estimate of drug-likeness (QED) is 0.852. The molecule has 1 aliphatic heterocycles. The van der Waals surface area contributed by atoms with Crippen LogP contribution in [0, 0.1) is 11.3 Å². The highest BCUT2D eigenvalue weighted by Crippen LogP contribution is 2.41. The lowest BCUT2D eigenvalue weighted by molar-refractivity contribution is -0.146. The minimum atomic E-state index is -0.554. The van der Waals surface area contributed by atoms with Crippen molar-refractivity contribution in [2.75, 3.05) is 6.61 Å². The molecule has 0 saturated carbocycles. The molecule has 29 heavy (non-hydrogen) atoms. The zero-order chi connectivity index (χ0) is 20.2. The molecule has 1 aromatic heterocycles. The highest BCUT2D eigenvalue weighted by molar-refractivity contribution is 5.81. The van der Waals surface area contributed by atoms with Crippen molar-refractivity contribution in [3.05, 3.63) is 71.6 Å². The number of rotatable bonds is 5. The van der Waals surface area contributed by atoms with E-state index < -0.39 is 6.04 Å². The summed E-state index contributed by atoms with van der Waals surface area (Å²) in [4.78, 5) is 18.3. The van der Waals surface area contributed by atoms with Crippen molar-refractivity contribution in [3.63, 3.8) is 0 Å². The van der Waals surface area contributed by atoms with Crippen LogP contribution in [0.5, 0.6) is 0 Å². The standard InChI is InChI=1S/C24H25N3O2/c25-15-21-24(20-8-6-19(7-9-20)18-4-2-1-3-5-18)22(16-28)27(21)23(29)14-17-10-12-26-13-11-17/h4,6-13,21-22,24,28H,1-3,5,14,16H2/t21-,22-,24+/m0/s1. The van der Waals surface area contributed by atoms with Gasteiger partial charge in [0.1, 0.15) is 6.04 Å². The summed E-state index contributed by atoms with van der Waals surface area (Å²) < 4.78 is 0. The van der Waals surface area contributed by atoms with Gasteiger partial charge in [0.25, 0.3) is 0 Å². The van der Waals surface area contributed by atoms with Gasteiger partial charge in [-0.15, -0.1) is 0 Å². The fraction of sp³-hybridized carbons (Fsp3) is 0.375. The Bertz CT molecular complexity index is 931. The second kappa shape index (κ2) is 8.59. The molecule has 1 aliphatic carbocycles. The number of carbonyl (C=O) groups excluding carboxylic acids is 1. The number of aliphatic hydroxyl groups is 1. The number of carbonyl (C=O) groups is 1. The van der Waals surface area contributed by atoms with E-state index in [9.17, 15) is 15.2 Å². The van der Waals surface area contributed by atoms with E-state index in [0.717, 1.165) is 24.0 Å². The lowest BCUT2D eigenvalue weighted by Gasteiger charge is -2.51. The third kappa shape index (κ3) is 3.81. The van der Waals surface area contributed by atoms with Gasteiger partial charge in [0, 0.05) is 18.3 Å². The van der Waals surface area contributed by atoms with E-state index in [1.165, 1.54) is 24.0 Å². The first-order valence-corrected chi connectivity index (χ1v) is 10.2. The van der Waals surface area contributed by atoms with Crippen LogP contribution in [0.2, 0.25) is 0 Å². The van der Waals surface area contributed by atoms with Gasteiger partial charge < -0.3 is 10.0 Å². The molecule has 1 fully saturated rings. The second-order valence-electron chi connectivity index (χ2n) is 7.78. The van der Waals surface area contributed by atoms with E-state index in [-0.39, 0.29) is 30.9 Å². The molecule has 0 spiro atoms. The van der Waals surface area contributed by atoms with Gasteiger partial charge in [-0.3, -0.25) is 9.78 Å². The number of likely N-dealkylation sites (tertiary alicyclic amines) is 1. The molecule has 2 heterocycles. The monoisotopic (exact) mass is 387 g/mol. The normalized spacial score (nSPS) is 23.7. The molecule has 0 unspecified atom stereocenters. The number of pyridine rings is 1. The first-order valence-electron chi connectivity index (χ1n) is 10.2. The van der Waals surface area contributed by atoms with Crippen molar-refractivity contribution in [2.24, 2.45) is 0 Å². The maximum atomic E-state index is 12.8. The van der Waals surface area contributed by atoms with Gasteiger partial charge in [-0.25, -0.2) is 0 Å². The predicted molar refractivity (Wildman–Crippen MR) is 111 cm³/mol. The summed E-state index contributed by atoms with van der Waals surface area (Å²) in [5.41, 5.74) is 4.48. The van der Waals surface area contributed by atoms with Crippen LogP contribution in [0.1, 0.15) is 48.3 Å². The van der Waals surface area contributed by atoms with E-state index in [2.05, 4.69) is 29.3 Å². The van der Waals surface area contributed by atoms with E-state index in [1.807, 2.05) is 12.1 Å². The number of aliphatic hydroxyl groups excluding tert-OH is 1. The maximum absolute atomic E-state index is 12.8. The summed E-state index contributed by atoms with van der Waals surface area (Å²) in [6, 6.07) is 13.3. The molecule has 5 heteroatoms. The highest BCUT2D eigenvalue weighted by Gasteiger charge is 2.51. The molecule has 1 saturated heterocycles. The third-order valence-corrected chi connectivity index (χ3v) is 6.08. The smallest absolute Gasteiger partial charge is 0.228 e. The molecule has 148 valence electrons. The molecule has 1 amide bonds. The lowest BCUT2D eigenvalue weighted by Crippen LogP contribution is -2.65. The van der Waals surface area contributed by atoms with Crippen LogP contribution in [0.15, 0.2) is 54.9 Å². The summed E-state index contributed by atoms with van der Waals surface area (Å²) in [5.74, 6) is -0.303. The number of amides is 1. The van der Waals surface area contributed by atoms with Crippen molar-refractivity contribution < 1.29 is 9.90 Å².